The first-order valence-electron chi connectivity index (χ1n) is 5.79. The summed E-state index contributed by atoms with van der Waals surface area (Å²) in [6.07, 6.45) is 0. The minimum absolute atomic E-state index is 0.435. The first kappa shape index (κ1) is 13.6. The Kier molecular flexibility index (Phi) is 5.88. The number of hydrogen-bond donors (Lipinski definition) is 1. The summed E-state index contributed by atoms with van der Waals surface area (Å²) < 4.78 is 0. The molecule has 0 radical (unpaired) electrons. The molecule has 90 valence electrons. The molecule has 16 heavy (non-hydrogen) atoms. The molecule has 0 fully saturated rings. The molecule has 2 nitrogen and oxygen atoms in total. The van der Waals surface area contributed by atoms with Crippen molar-refractivity contribution in [3.63, 3.8) is 0 Å². The van der Waals surface area contributed by atoms with Crippen LogP contribution in [0.1, 0.15) is 19.4 Å². The zero-order valence-electron chi connectivity index (χ0n) is 10.4. The van der Waals surface area contributed by atoms with Crippen molar-refractivity contribution in [1.29, 1.82) is 0 Å². The lowest BCUT2D eigenvalue weighted by molar-refractivity contribution is 0.255. The fourth-order valence-corrected chi connectivity index (χ4v) is 2.14. The van der Waals surface area contributed by atoms with Crippen LogP contribution in [-0.4, -0.2) is 30.3 Å². The number of hydrogen-bond acceptors (Lipinski definition) is 3. The van der Waals surface area contributed by atoms with Crippen molar-refractivity contribution in [3.8, 4) is 0 Å². The Balaban J connectivity index is 2.54. The molecule has 0 aromatic heterocycles. The van der Waals surface area contributed by atoms with E-state index in [-0.39, 0.29) is 0 Å². The maximum absolute atomic E-state index is 5.65. The summed E-state index contributed by atoms with van der Waals surface area (Å²) in [5.74, 6) is 1.13. The van der Waals surface area contributed by atoms with Crippen molar-refractivity contribution in [2.75, 3.05) is 19.3 Å². The summed E-state index contributed by atoms with van der Waals surface area (Å²) in [4.78, 5) is 3.63. The molecule has 3 heteroatoms. The van der Waals surface area contributed by atoms with Gasteiger partial charge in [-0.2, -0.15) is 0 Å². The van der Waals surface area contributed by atoms with E-state index in [1.807, 2.05) is 11.8 Å². The number of nitrogens with two attached hydrogens (primary N) is 1. The molecule has 0 bridgehead atoms. The van der Waals surface area contributed by atoms with Gasteiger partial charge in [-0.15, -0.1) is 11.8 Å². The van der Waals surface area contributed by atoms with Crippen molar-refractivity contribution in [3.05, 3.63) is 29.8 Å². The van der Waals surface area contributed by atoms with Gasteiger partial charge in [-0.25, -0.2) is 0 Å². The van der Waals surface area contributed by atoms with Gasteiger partial charge in [0.25, 0.3) is 0 Å². The van der Waals surface area contributed by atoms with E-state index < -0.39 is 0 Å². The number of rotatable bonds is 6. The molecule has 0 aliphatic heterocycles. The molecule has 1 unspecified atom stereocenters. The van der Waals surface area contributed by atoms with Crippen LogP contribution in [0.3, 0.4) is 0 Å². The molecule has 1 aromatic carbocycles. The highest BCUT2D eigenvalue weighted by Gasteiger charge is 2.07. The predicted octanol–water partition coefficient (Wildman–Crippen LogP) is 2.58. The van der Waals surface area contributed by atoms with Crippen LogP contribution in [-0.2, 0) is 6.54 Å². The maximum atomic E-state index is 5.65. The lowest BCUT2D eigenvalue weighted by Crippen LogP contribution is -2.34. The average molecular weight is 238 g/mol. The number of benzene rings is 1. The standard InChI is InChI=1S/C13H22N2S/c1-4-16-13-7-5-12(6-8-13)10-15(3)11(2)9-14/h5-8,11H,4,9-10,14H2,1-3H3. The largest absolute Gasteiger partial charge is 0.329 e. The van der Waals surface area contributed by atoms with Crippen molar-refractivity contribution >= 4 is 11.8 Å². The maximum Gasteiger partial charge on any atom is 0.0234 e. The number of likely N-dealkylation sites (N-methyl/N-ethyl adjacent to an activating group) is 1. The third-order valence-corrected chi connectivity index (χ3v) is 3.65. The fourth-order valence-electron chi connectivity index (χ4n) is 1.48. The zero-order chi connectivity index (χ0) is 12.0. The monoisotopic (exact) mass is 238 g/mol. The third kappa shape index (κ3) is 4.16. The second-order valence-electron chi connectivity index (χ2n) is 4.08. The quantitative estimate of drug-likeness (QED) is 0.772. The van der Waals surface area contributed by atoms with Crippen LogP contribution in [0.5, 0.6) is 0 Å². The Labute approximate surface area is 103 Å². The molecule has 0 spiro atoms. The van der Waals surface area contributed by atoms with Gasteiger partial charge in [0.05, 0.1) is 0 Å². The highest BCUT2D eigenvalue weighted by molar-refractivity contribution is 7.99. The van der Waals surface area contributed by atoms with Crippen LogP contribution in [0.4, 0.5) is 0 Å². The van der Waals surface area contributed by atoms with Gasteiger partial charge in [0, 0.05) is 24.0 Å². The average Bonchev–Trinajstić information content (AvgIpc) is 2.31. The molecule has 0 aliphatic carbocycles. The number of nitrogens with zero attached hydrogens (tertiary/aromatic N) is 1. The minimum atomic E-state index is 0.435. The lowest BCUT2D eigenvalue weighted by Gasteiger charge is -2.23. The molecule has 2 N–H and O–H groups in total. The molecule has 0 saturated heterocycles. The van der Waals surface area contributed by atoms with Crippen LogP contribution in [0.2, 0.25) is 0 Å². The summed E-state index contributed by atoms with van der Waals surface area (Å²) in [7, 11) is 2.12. The SMILES string of the molecule is CCSc1ccc(CN(C)C(C)CN)cc1. The van der Waals surface area contributed by atoms with E-state index in [1.165, 1.54) is 10.5 Å². The summed E-state index contributed by atoms with van der Waals surface area (Å²) >= 11 is 1.88. The van der Waals surface area contributed by atoms with Crippen molar-refractivity contribution in [1.82, 2.24) is 4.90 Å². The molecule has 0 saturated carbocycles. The summed E-state index contributed by atoms with van der Waals surface area (Å²) in [5.41, 5.74) is 7.00. The molecular formula is C13H22N2S. The van der Waals surface area contributed by atoms with Crippen molar-refractivity contribution in [2.24, 2.45) is 5.73 Å². The molecular weight excluding hydrogens is 216 g/mol. The van der Waals surface area contributed by atoms with Gasteiger partial charge < -0.3 is 5.73 Å². The highest BCUT2D eigenvalue weighted by atomic mass is 32.2. The van der Waals surface area contributed by atoms with Gasteiger partial charge in [-0.3, -0.25) is 4.90 Å². The van der Waals surface area contributed by atoms with E-state index in [2.05, 4.69) is 50.1 Å². The normalized spacial score (nSPS) is 13.1. The Hall–Kier alpha value is -0.510. The number of thioether (sulfide) groups is 1. The molecule has 1 atom stereocenters. The molecule has 0 heterocycles. The molecule has 0 aliphatic rings. The zero-order valence-corrected chi connectivity index (χ0v) is 11.3. The van der Waals surface area contributed by atoms with Crippen LogP contribution < -0.4 is 5.73 Å². The Morgan fingerprint density at radius 2 is 1.94 bits per heavy atom. The van der Waals surface area contributed by atoms with E-state index in [1.54, 1.807) is 0 Å². The first-order chi connectivity index (χ1) is 7.67. The lowest BCUT2D eigenvalue weighted by atomic mass is 10.2. The molecule has 0 amide bonds. The predicted molar refractivity (Wildman–Crippen MR) is 72.8 cm³/mol. The van der Waals surface area contributed by atoms with Crippen molar-refractivity contribution in [2.45, 2.75) is 31.3 Å². The van der Waals surface area contributed by atoms with Gasteiger partial charge >= 0.3 is 0 Å². The summed E-state index contributed by atoms with van der Waals surface area (Å²) in [5, 5.41) is 0. The van der Waals surface area contributed by atoms with Crippen LogP contribution >= 0.6 is 11.8 Å². The van der Waals surface area contributed by atoms with Gasteiger partial charge in [-0.1, -0.05) is 19.1 Å². The van der Waals surface area contributed by atoms with E-state index >= 15 is 0 Å². The third-order valence-electron chi connectivity index (χ3n) is 2.76. The summed E-state index contributed by atoms with van der Waals surface area (Å²) in [6, 6.07) is 9.24. The van der Waals surface area contributed by atoms with Gasteiger partial charge in [0.1, 0.15) is 0 Å². The van der Waals surface area contributed by atoms with E-state index in [0.717, 1.165) is 12.3 Å². The smallest absolute Gasteiger partial charge is 0.0234 e. The summed E-state index contributed by atoms with van der Waals surface area (Å²) in [6.45, 7) is 6.01. The van der Waals surface area contributed by atoms with Crippen LogP contribution in [0.25, 0.3) is 0 Å². The first-order valence-corrected chi connectivity index (χ1v) is 6.78. The van der Waals surface area contributed by atoms with Gasteiger partial charge in [0.15, 0.2) is 0 Å². The highest BCUT2D eigenvalue weighted by Crippen LogP contribution is 2.18. The Bertz CT molecular complexity index is 297. The van der Waals surface area contributed by atoms with E-state index in [9.17, 15) is 0 Å². The van der Waals surface area contributed by atoms with Gasteiger partial charge in [0.2, 0.25) is 0 Å². The van der Waals surface area contributed by atoms with E-state index in [0.29, 0.717) is 12.6 Å². The Morgan fingerprint density at radius 3 is 2.44 bits per heavy atom. The van der Waals surface area contributed by atoms with Crippen molar-refractivity contribution < 1.29 is 0 Å². The second-order valence-corrected chi connectivity index (χ2v) is 5.41. The topological polar surface area (TPSA) is 29.3 Å². The van der Waals surface area contributed by atoms with Crippen LogP contribution in [0.15, 0.2) is 29.2 Å². The molecule has 1 aromatic rings. The Morgan fingerprint density at radius 1 is 1.31 bits per heavy atom. The minimum Gasteiger partial charge on any atom is -0.329 e. The molecule has 1 rings (SSSR count). The second kappa shape index (κ2) is 6.94. The van der Waals surface area contributed by atoms with Gasteiger partial charge in [-0.05, 0) is 37.4 Å². The fraction of sp³-hybridized carbons (Fsp3) is 0.538. The van der Waals surface area contributed by atoms with Crippen LogP contribution in [0, 0.1) is 0 Å². The van der Waals surface area contributed by atoms with E-state index in [4.69, 9.17) is 5.73 Å².